The van der Waals surface area contributed by atoms with Gasteiger partial charge in [0.05, 0.1) is 0 Å². The van der Waals surface area contributed by atoms with Crippen molar-refractivity contribution in [3.63, 3.8) is 0 Å². The van der Waals surface area contributed by atoms with Crippen molar-refractivity contribution in [1.29, 1.82) is 0 Å². The molecule has 0 heterocycles. The molecule has 0 aromatic heterocycles. The van der Waals surface area contributed by atoms with Gasteiger partial charge in [0.25, 0.3) is 0 Å². The summed E-state index contributed by atoms with van der Waals surface area (Å²) in [5.41, 5.74) is 1.35. The predicted molar refractivity (Wildman–Crippen MR) is 64.0 cm³/mol. The highest BCUT2D eigenvalue weighted by atomic mass is 16.5. The fourth-order valence-corrected chi connectivity index (χ4v) is 1.55. The molecule has 0 radical (unpaired) electrons. The second-order valence-electron chi connectivity index (χ2n) is 3.79. The van der Waals surface area contributed by atoms with Crippen LogP contribution in [0.3, 0.4) is 0 Å². The summed E-state index contributed by atoms with van der Waals surface area (Å²) in [5.74, 6) is 0. The molecular formula is C13H21NO. The van der Waals surface area contributed by atoms with Crippen LogP contribution in [0.25, 0.3) is 0 Å². The average molecular weight is 207 g/mol. The molecule has 1 N–H and O–H groups in total. The first-order valence-electron chi connectivity index (χ1n) is 5.62. The lowest BCUT2D eigenvalue weighted by Crippen LogP contribution is -2.20. The van der Waals surface area contributed by atoms with Crippen molar-refractivity contribution in [1.82, 2.24) is 5.32 Å². The van der Waals surface area contributed by atoms with E-state index in [1.54, 1.807) is 7.11 Å². The van der Waals surface area contributed by atoms with Gasteiger partial charge in [-0.1, -0.05) is 30.3 Å². The van der Waals surface area contributed by atoms with Crippen molar-refractivity contribution in [3.8, 4) is 0 Å². The predicted octanol–water partition coefficient (Wildman–Crippen LogP) is 2.76. The Kier molecular flexibility index (Phi) is 6.05. The number of hydrogen-bond donors (Lipinski definition) is 1. The SMILES string of the molecule is COCCCCN[C@H](C)c1ccccc1. The van der Waals surface area contributed by atoms with E-state index in [-0.39, 0.29) is 0 Å². The molecule has 0 aliphatic carbocycles. The molecule has 0 aliphatic rings. The fourth-order valence-electron chi connectivity index (χ4n) is 1.55. The number of hydrogen-bond acceptors (Lipinski definition) is 2. The minimum Gasteiger partial charge on any atom is -0.385 e. The number of methoxy groups -OCH3 is 1. The maximum atomic E-state index is 5.01. The van der Waals surface area contributed by atoms with Gasteiger partial charge in [0.2, 0.25) is 0 Å². The number of unbranched alkanes of at least 4 members (excludes halogenated alkanes) is 1. The lowest BCUT2D eigenvalue weighted by atomic mass is 10.1. The molecule has 0 spiro atoms. The third kappa shape index (κ3) is 4.96. The summed E-state index contributed by atoms with van der Waals surface area (Å²) >= 11 is 0. The van der Waals surface area contributed by atoms with E-state index >= 15 is 0 Å². The van der Waals surface area contributed by atoms with E-state index in [1.807, 2.05) is 0 Å². The molecule has 0 saturated heterocycles. The zero-order valence-electron chi connectivity index (χ0n) is 9.70. The van der Waals surface area contributed by atoms with E-state index in [4.69, 9.17) is 4.74 Å². The van der Waals surface area contributed by atoms with Crippen molar-refractivity contribution in [2.45, 2.75) is 25.8 Å². The molecule has 0 saturated carbocycles. The summed E-state index contributed by atoms with van der Waals surface area (Å²) in [6.07, 6.45) is 2.30. The van der Waals surface area contributed by atoms with Crippen molar-refractivity contribution in [2.24, 2.45) is 0 Å². The molecule has 1 rings (SSSR count). The standard InChI is InChI=1S/C13H21NO/c1-12(13-8-4-3-5-9-13)14-10-6-7-11-15-2/h3-5,8-9,12,14H,6-7,10-11H2,1-2H3/t12-/m1/s1. The van der Waals surface area contributed by atoms with Gasteiger partial charge in [-0.05, 0) is 31.9 Å². The van der Waals surface area contributed by atoms with Gasteiger partial charge in [0, 0.05) is 19.8 Å². The minimum atomic E-state index is 0.439. The van der Waals surface area contributed by atoms with Gasteiger partial charge in [-0.25, -0.2) is 0 Å². The smallest absolute Gasteiger partial charge is 0.0462 e. The van der Waals surface area contributed by atoms with Crippen LogP contribution < -0.4 is 5.32 Å². The zero-order valence-corrected chi connectivity index (χ0v) is 9.70. The number of ether oxygens (including phenoxy) is 1. The van der Waals surface area contributed by atoms with E-state index in [0.29, 0.717) is 6.04 Å². The van der Waals surface area contributed by atoms with Crippen LogP contribution in [0.4, 0.5) is 0 Å². The third-order valence-corrected chi connectivity index (χ3v) is 2.53. The Bertz CT molecular complexity index is 248. The monoisotopic (exact) mass is 207 g/mol. The molecule has 0 aliphatic heterocycles. The molecule has 0 fully saturated rings. The summed E-state index contributed by atoms with van der Waals surface area (Å²) < 4.78 is 5.01. The highest BCUT2D eigenvalue weighted by Gasteiger charge is 2.02. The summed E-state index contributed by atoms with van der Waals surface area (Å²) in [6.45, 7) is 4.12. The molecular weight excluding hydrogens is 186 g/mol. The highest BCUT2D eigenvalue weighted by molar-refractivity contribution is 5.17. The van der Waals surface area contributed by atoms with Crippen LogP contribution in [0.2, 0.25) is 0 Å². The molecule has 0 bridgehead atoms. The first-order valence-corrected chi connectivity index (χ1v) is 5.62. The molecule has 1 aromatic carbocycles. The summed E-state index contributed by atoms with van der Waals surface area (Å²) in [5, 5.41) is 3.50. The molecule has 84 valence electrons. The Morgan fingerprint density at radius 1 is 1.20 bits per heavy atom. The number of benzene rings is 1. The number of nitrogens with one attached hydrogen (secondary N) is 1. The van der Waals surface area contributed by atoms with Gasteiger partial charge in [0.15, 0.2) is 0 Å². The van der Waals surface area contributed by atoms with Crippen LogP contribution >= 0.6 is 0 Å². The molecule has 15 heavy (non-hydrogen) atoms. The molecule has 1 atom stereocenters. The molecule has 0 unspecified atom stereocenters. The quantitative estimate of drug-likeness (QED) is 0.694. The van der Waals surface area contributed by atoms with Crippen LogP contribution in [0.1, 0.15) is 31.4 Å². The van der Waals surface area contributed by atoms with Crippen molar-refractivity contribution in [3.05, 3.63) is 35.9 Å². The summed E-state index contributed by atoms with van der Waals surface area (Å²) in [7, 11) is 1.75. The Morgan fingerprint density at radius 3 is 2.60 bits per heavy atom. The first kappa shape index (κ1) is 12.2. The Balaban J connectivity index is 2.16. The average Bonchev–Trinajstić information content (AvgIpc) is 2.30. The third-order valence-electron chi connectivity index (χ3n) is 2.53. The van der Waals surface area contributed by atoms with Crippen molar-refractivity contribution < 1.29 is 4.74 Å². The lowest BCUT2D eigenvalue weighted by molar-refractivity contribution is 0.192. The maximum Gasteiger partial charge on any atom is 0.0462 e. The first-order chi connectivity index (χ1) is 7.34. The van der Waals surface area contributed by atoms with E-state index < -0.39 is 0 Å². The van der Waals surface area contributed by atoms with E-state index in [2.05, 4.69) is 42.6 Å². The molecule has 2 heteroatoms. The Labute approximate surface area is 92.6 Å². The maximum absolute atomic E-state index is 5.01. The molecule has 1 aromatic rings. The Morgan fingerprint density at radius 2 is 1.93 bits per heavy atom. The van der Waals surface area contributed by atoms with Crippen LogP contribution in [0.5, 0.6) is 0 Å². The van der Waals surface area contributed by atoms with Crippen LogP contribution in [0.15, 0.2) is 30.3 Å². The van der Waals surface area contributed by atoms with Crippen LogP contribution in [-0.4, -0.2) is 20.3 Å². The second kappa shape index (κ2) is 7.43. The largest absolute Gasteiger partial charge is 0.385 e. The van der Waals surface area contributed by atoms with Crippen molar-refractivity contribution >= 4 is 0 Å². The highest BCUT2D eigenvalue weighted by Crippen LogP contribution is 2.10. The molecule has 2 nitrogen and oxygen atoms in total. The summed E-state index contributed by atoms with van der Waals surface area (Å²) in [4.78, 5) is 0. The number of rotatable bonds is 7. The van der Waals surface area contributed by atoms with Crippen LogP contribution in [-0.2, 0) is 4.74 Å². The topological polar surface area (TPSA) is 21.3 Å². The normalized spacial score (nSPS) is 12.7. The zero-order chi connectivity index (χ0) is 10.9. The fraction of sp³-hybridized carbons (Fsp3) is 0.538. The Hall–Kier alpha value is -0.860. The minimum absolute atomic E-state index is 0.439. The van der Waals surface area contributed by atoms with Crippen LogP contribution in [0, 0.1) is 0 Å². The van der Waals surface area contributed by atoms with Gasteiger partial charge in [0.1, 0.15) is 0 Å². The van der Waals surface area contributed by atoms with Gasteiger partial charge in [-0.2, -0.15) is 0 Å². The van der Waals surface area contributed by atoms with Gasteiger partial charge in [-0.3, -0.25) is 0 Å². The van der Waals surface area contributed by atoms with Gasteiger partial charge in [-0.15, -0.1) is 0 Å². The van der Waals surface area contributed by atoms with E-state index in [1.165, 1.54) is 12.0 Å². The molecule has 0 amide bonds. The van der Waals surface area contributed by atoms with Gasteiger partial charge >= 0.3 is 0 Å². The van der Waals surface area contributed by atoms with Gasteiger partial charge < -0.3 is 10.1 Å². The lowest BCUT2D eigenvalue weighted by Gasteiger charge is -2.13. The second-order valence-corrected chi connectivity index (χ2v) is 3.79. The van der Waals surface area contributed by atoms with E-state index in [9.17, 15) is 0 Å². The van der Waals surface area contributed by atoms with E-state index in [0.717, 1.165) is 19.6 Å². The van der Waals surface area contributed by atoms with Crippen molar-refractivity contribution in [2.75, 3.05) is 20.3 Å². The summed E-state index contributed by atoms with van der Waals surface area (Å²) in [6, 6.07) is 11.0.